The van der Waals surface area contributed by atoms with E-state index in [-0.39, 0.29) is 16.4 Å². The minimum Gasteiger partial charge on any atom is -0.465 e. The first-order valence-electron chi connectivity index (χ1n) is 7.52. The quantitative estimate of drug-likeness (QED) is 0.606. The Bertz CT molecular complexity index is 982. The zero-order valence-corrected chi connectivity index (χ0v) is 14.7. The first kappa shape index (κ1) is 17.6. The molecule has 0 fully saturated rings. The van der Waals surface area contributed by atoms with Gasteiger partial charge in [0.1, 0.15) is 17.2 Å². The molecule has 0 saturated heterocycles. The summed E-state index contributed by atoms with van der Waals surface area (Å²) in [5.74, 6) is -1.34. The highest BCUT2D eigenvalue weighted by Gasteiger charge is 2.27. The third-order valence-electron chi connectivity index (χ3n) is 3.74. The van der Waals surface area contributed by atoms with Gasteiger partial charge < -0.3 is 14.4 Å². The lowest BCUT2D eigenvalue weighted by Crippen LogP contribution is -2.26. The predicted octanol–water partition coefficient (Wildman–Crippen LogP) is 2.77. The number of aromatic nitrogens is 2. The maximum atomic E-state index is 12.4. The molecule has 1 aromatic carbocycles. The van der Waals surface area contributed by atoms with Crippen molar-refractivity contribution in [3.8, 4) is 0 Å². The maximum Gasteiger partial charge on any atom is 0.355 e. The summed E-state index contributed by atoms with van der Waals surface area (Å²) in [5, 5.41) is 0.895. The van der Waals surface area contributed by atoms with Crippen molar-refractivity contribution >= 4 is 40.1 Å². The van der Waals surface area contributed by atoms with E-state index in [0.29, 0.717) is 16.6 Å². The molecule has 0 saturated carbocycles. The summed E-state index contributed by atoms with van der Waals surface area (Å²) in [5.41, 5.74) is 1.33. The molecule has 0 atom stereocenters. The second kappa shape index (κ2) is 7.37. The third kappa shape index (κ3) is 3.16. The van der Waals surface area contributed by atoms with Crippen LogP contribution in [0.4, 0.5) is 5.69 Å². The molecule has 0 N–H and O–H groups in total. The van der Waals surface area contributed by atoms with Gasteiger partial charge in [-0.25, -0.2) is 19.6 Å². The van der Waals surface area contributed by atoms with Gasteiger partial charge in [0.25, 0.3) is 0 Å². The Kier molecular flexibility index (Phi) is 4.99. The van der Waals surface area contributed by atoms with Gasteiger partial charge in [0.05, 0.1) is 25.3 Å². The van der Waals surface area contributed by atoms with Gasteiger partial charge in [0, 0.05) is 17.3 Å². The number of fused-ring (bicyclic) bond motifs is 1. The van der Waals surface area contributed by atoms with Crippen molar-refractivity contribution in [1.29, 1.82) is 0 Å². The van der Waals surface area contributed by atoms with E-state index in [2.05, 4.69) is 9.97 Å². The Morgan fingerprint density at radius 3 is 2.58 bits per heavy atom. The first-order chi connectivity index (χ1) is 12.6. The van der Waals surface area contributed by atoms with E-state index >= 15 is 0 Å². The molecule has 3 rings (SSSR count). The SMILES string of the molecule is COC(=O)C1=C(C(=O)OC)N(c2ccc3ncnc(Cl)c3c2)C=CC=C1. The average molecular weight is 372 g/mol. The largest absolute Gasteiger partial charge is 0.465 e. The molecule has 1 aromatic heterocycles. The zero-order valence-electron chi connectivity index (χ0n) is 14.0. The molecule has 2 aromatic rings. The first-order valence-corrected chi connectivity index (χ1v) is 7.90. The summed E-state index contributed by atoms with van der Waals surface area (Å²) in [7, 11) is 2.49. The molecule has 1 aliphatic heterocycles. The zero-order chi connectivity index (χ0) is 18.7. The second-order valence-electron chi connectivity index (χ2n) is 5.18. The molecule has 8 heteroatoms. The van der Waals surface area contributed by atoms with Crippen molar-refractivity contribution in [2.24, 2.45) is 0 Å². The number of carbonyl (C=O) groups excluding carboxylic acids is 2. The molecule has 2 heterocycles. The lowest BCUT2D eigenvalue weighted by atomic mass is 10.1. The van der Waals surface area contributed by atoms with Gasteiger partial charge in [0.15, 0.2) is 0 Å². The maximum absolute atomic E-state index is 12.4. The summed E-state index contributed by atoms with van der Waals surface area (Å²) < 4.78 is 9.66. The Hall–Kier alpha value is -3.19. The van der Waals surface area contributed by atoms with Crippen molar-refractivity contribution < 1.29 is 19.1 Å². The molecule has 0 aliphatic carbocycles. The highest BCUT2D eigenvalue weighted by atomic mass is 35.5. The van der Waals surface area contributed by atoms with E-state index in [1.54, 1.807) is 36.6 Å². The summed E-state index contributed by atoms with van der Waals surface area (Å²) in [4.78, 5) is 34.2. The lowest BCUT2D eigenvalue weighted by molar-refractivity contribution is -0.139. The van der Waals surface area contributed by atoms with Gasteiger partial charge in [-0.3, -0.25) is 0 Å². The standard InChI is InChI=1S/C18H14ClN3O4/c1-25-17(23)12-5-3-4-8-22(15(12)18(24)26-2)11-6-7-14-13(9-11)16(19)21-10-20-14/h3-10H,1-2H3. The van der Waals surface area contributed by atoms with Crippen LogP contribution in [0.15, 0.2) is 60.2 Å². The number of ether oxygens (including phenoxy) is 2. The molecule has 0 spiro atoms. The van der Waals surface area contributed by atoms with Crippen LogP contribution in [0.3, 0.4) is 0 Å². The molecule has 0 amide bonds. The van der Waals surface area contributed by atoms with Crippen molar-refractivity contribution in [3.63, 3.8) is 0 Å². The van der Waals surface area contributed by atoms with Gasteiger partial charge in [0.2, 0.25) is 0 Å². The number of benzene rings is 1. The van der Waals surface area contributed by atoms with Crippen LogP contribution in [-0.2, 0) is 19.1 Å². The van der Waals surface area contributed by atoms with Gasteiger partial charge in [-0.1, -0.05) is 17.7 Å². The number of allylic oxidation sites excluding steroid dienone is 2. The van der Waals surface area contributed by atoms with E-state index in [9.17, 15) is 9.59 Å². The van der Waals surface area contributed by atoms with E-state index in [1.165, 1.54) is 31.5 Å². The van der Waals surface area contributed by atoms with Crippen LogP contribution in [0.25, 0.3) is 10.9 Å². The topological polar surface area (TPSA) is 81.6 Å². The second-order valence-corrected chi connectivity index (χ2v) is 5.54. The number of anilines is 1. The summed E-state index contributed by atoms with van der Waals surface area (Å²) >= 11 is 6.15. The fourth-order valence-electron chi connectivity index (χ4n) is 2.53. The number of hydrogen-bond donors (Lipinski definition) is 0. The molecular formula is C18H14ClN3O4. The molecule has 1 aliphatic rings. The van der Waals surface area contributed by atoms with E-state index in [4.69, 9.17) is 21.1 Å². The highest BCUT2D eigenvalue weighted by molar-refractivity contribution is 6.34. The average Bonchev–Trinajstić information content (AvgIpc) is 2.90. The van der Waals surface area contributed by atoms with Crippen LogP contribution in [-0.4, -0.2) is 36.1 Å². The minimum absolute atomic E-state index is 0.0247. The minimum atomic E-state index is -0.683. The summed E-state index contributed by atoms with van der Waals surface area (Å²) in [6.45, 7) is 0. The Morgan fingerprint density at radius 1 is 1.08 bits per heavy atom. The number of rotatable bonds is 3. The van der Waals surface area contributed by atoms with Crippen LogP contribution in [0.1, 0.15) is 0 Å². The highest BCUT2D eigenvalue weighted by Crippen LogP contribution is 2.30. The predicted molar refractivity (Wildman–Crippen MR) is 96.4 cm³/mol. The third-order valence-corrected chi connectivity index (χ3v) is 4.04. The van der Waals surface area contributed by atoms with Gasteiger partial charge in [-0.2, -0.15) is 0 Å². The number of carbonyl (C=O) groups is 2. The number of nitrogens with zero attached hydrogens (tertiary/aromatic N) is 3. The van der Waals surface area contributed by atoms with Crippen LogP contribution < -0.4 is 4.90 Å². The lowest BCUT2D eigenvalue weighted by Gasteiger charge is -2.23. The molecule has 132 valence electrons. The Morgan fingerprint density at radius 2 is 1.85 bits per heavy atom. The van der Waals surface area contributed by atoms with Crippen molar-refractivity contribution in [2.45, 2.75) is 0 Å². The van der Waals surface area contributed by atoms with Crippen molar-refractivity contribution in [2.75, 3.05) is 19.1 Å². The van der Waals surface area contributed by atoms with E-state index < -0.39 is 11.9 Å². The molecule has 7 nitrogen and oxygen atoms in total. The molecule has 0 bridgehead atoms. The normalized spacial score (nSPS) is 13.7. The van der Waals surface area contributed by atoms with Gasteiger partial charge in [-0.05, 0) is 30.4 Å². The Balaban J connectivity index is 2.22. The van der Waals surface area contributed by atoms with Crippen LogP contribution in [0, 0.1) is 0 Å². The molecule has 0 radical (unpaired) electrons. The van der Waals surface area contributed by atoms with Crippen molar-refractivity contribution in [3.05, 3.63) is 65.4 Å². The Labute approximate surface area is 154 Å². The summed E-state index contributed by atoms with van der Waals surface area (Å²) in [6, 6.07) is 5.22. The number of halogens is 1. The smallest absolute Gasteiger partial charge is 0.355 e. The number of hydrogen-bond acceptors (Lipinski definition) is 7. The molecular weight excluding hydrogens is 358 g/mol. The van der Waals surface area contributed by atoms with Crippen molar-refractivity contribution in [1.82, 2.24) is 9.97 Å². The van der Waals surface area contributed by atoms with Crippen LogP contribution >= 0.6 is 11.6 Å². The van der Waals surface area contributed by atoms with Crippen LogP contribution in [0.5, 0.6) is 0 Å². The van der Waals surface area contributed by atoms with Crippen LogP contribution in [0.2, 0.25) is 5.15 Å². The fourth-order valence-corrected chi connectivity index (χ4v) is 2.72. The summed E-state index contributed by atoms with van der Waals surface area (Å²) in [6.07, 6.45) is 7.82. The van der Waals surface area contributed by atoms with Gasteiger partial charge >= 0.3 is 11.9 Å². The molecule has 0 unspecified atom stereocenters. The molecule has 26 heavy (non-hydrogen) atoms. The fraction of sp³-hybridized carbons (Fsp3) is 0.111. The monoisotopic (exact) mass is 371 g/mol. The van der Waals surface area contributed by atoms with Gasteiger partial charge in [-0.15, -0.1) is 0 Å². The number of esters is 2. The van der Waals surface area contributed by atoms with E-state index in [0.717, 1.165) is 0 Å². The number of methoxy groups -OCH3 is 2. The van der Waals surface area contributed by atoms with E-state index in [1.807, 2.05) is 0 Å².